The number of hydrogen-bond acceptors (Lipinski definition) is 5. The van der Waals surface area contributed by atoms with E-state index in [0.717, 1.165) is 21.3 Å². The standard InChI is InChI=1S/C19H17N5O3/c1-2-27-14-9-7-13(8-10-14)21-17(25)11-24-19(26)23-12-20-16-6-4-3-5-15(16)18(23)22-24/h3-10,12H,2,11H2,1H3,(H,21,25). The molecule has 1 amide bonds. The Labute approximate surface area is 154 Å². The molecule has 0 spiro atoms. The Morgan fingerprint density at radius 3 is 2.70 bits per heavy atom. The summed E-state index contributed by atoms with van der Waals surface area (Å²) in [5.74, 6) is 0.383. The number of benzene rings is 2. The van der Waals surface area contributed by atoms with Crippen LogP contribution >= 0.6 is 0 Å². The number of nitrogens with zero attached hydrogens (tertiary/aromatic N) is 4. The number of fused-ring (bicyclic) bond motifs is 3. The lowest BCUT2D eigenvalue weighted by Crippen LogP contribution is -2.28. The van der Waals surface area contributed by atoms with Crippen LogP contribution in [-0.4, -0.2) is 31.7 Å². The smallest absolute Gasteiger partial charge is 0.352 e. The SMILES string of the molecule is CCOc1ccc(NC(=O)Cn2nc3c4ccccc4ncn3c2=O)cc1. The molecule has 0 aliphatic heterocycles. The average Bonchev–Trinajstić information content (AvgIpc) is 2.99. The lowest BCUT2D eigenvalue weighted by molar-refractivity contribution is -0.117. The molecular weight excluding hydrogens is 346 g/mol. The number of hydrogen-bond donors (Lipinski definition) is 1. The minimum absolute atomic E-state index is 0.192. The Bertz CT molecular complexity index is 1180. The molecule has 0 radical (unpaired) electrons. The van der Waals surface area contributed by atoms with Crippen LogP contribution in [0.5, 0.6) is 5.75 Å². The van der Waals surface area contributed by atoms with Crippen molar-refractivity contribution in [2.24, 2.45) is 0 Å². The van der Waals surface area contributed by atoms with E-state index in [9.17, 15) is 9.59 Å². The number of carbonyl (C=O) groups excluding carboxylic acids is 1. The fourth-order valence-corrected chi connectivity index (χ4v) is 2.84. The largest absolute Gasteiger partial charge is 0.494 e. The highest BCUT2D eigenvalue weighted by atomic mass is 16.5. The van der Waals surface area contributed by atoms with Crippen molar-refractivity contribution in [3.63, 3.8) is 0 Å². The Kier molecular flexibility index (Phi) is 4.29. The maximum absolute atomic E-state index is 12.5. The molecule has 0 aliphatic carbocycles. The highest BCUT2D eigenvalue weighted by Gasteiger charge is 2.13. The molecule has 0 fully saturated rings. The third-order valence-corrected chi connectivity index (χ3v) is 4.07. The van der Waals surface area contributed by atoms with Crippen LogP contribution in [0.25, 0.3) is 16.6 Å². The van der Waals surface area contributed by atoms with Crippen molar-refractivity contribution < 1.29 is 9.53 Å². The molecule has 1 N–H and O–H groups in total. The van der Waals surface area contributed by atoms with Crippen LogP contribution in [0.3, 0.4) is 0 Å². The summed E-state index contributed by atoms with van der Waals surface area (Å²) in [6.45, 7) is 2.29. The number of para-hydroxylation sites is 1. The first-order valence-corrected chi connectivity index (χ1v) is 8.51. The second kappa shape index (κ2) is 6.91. The van der Waals surface area contributed by atoms with Crippen LogP contribution in [0.1, 0.15) is 6.92 Å². The van der Waals surface area contributed by atoms with Crippen molar-refractivity contribution in [1.29, 1.82) is 0 Å². The van der Waals surface area contributed by atoms with Crippen molar-refractivity contribution in [3.05, 3.63) is 65.3 Å². The summed E-state index contributed by atoms with van der Waals surface area (Å²) in [5, 5.41) is 7.81. The van der Waals surface area contributed by atoms with E-state index in [1.54, 1.807) is 24.3 Å². The summed E-state index contributed by atoms with van der Waals surface area (Å²) in [6.07, 6.45) is 1.42. The van der Waals surface area contributed by atoms with Crippen molar-refractivity contribution in [2.45, 2.75) is 13.5 Å². The van der Waals surface area contributed by atoms with Gasteiger partial charge in [0, 0.05) is 11.1 Å². The maximum atomic E-state index is 12.5. The van der Waals surface area contributed by atoms with Gasteiger partial charge in [0.15, 0.2) is 5.65 Å². The zero-order valence-corrected chi connectivity index (χ0v) is 14.6. The quantitative estimate of drug-likeness (QED) is 0.586. The van der Waals surface area contributed by atoms with E-state index in [1.807, 2.05) is 31.2 Å². The number of ether oxygens (including phenoxy) is 1. The lowest BCUT2D eigenvalue weighted by Gasteiger charge is -2.06. The van der Waals surface area contributed by atoms with E-state index in [-0.39, 0.29) is 12.5 Å². The molecule has 8 heteroatoms. The topological polar surface area (TPSA) is 90.5 Å². The second-order valence-electron chi connectivity index (χ2n) is 5.90. The van der Waals surface area contributed by atoms with Gasteiger partial charge in [0.05, 0.1) is 12.1 Å². The minimum Gasteiger partial charge on any atom is -0.494 e. The number of rotatable bonds is 5. The molecular formula is C19H17N5O3. The molecule has 27 heavy (non-hydrogen) atoms. The van der Waals surface area contributed by atoms with Gasteiger partial charge in [0.2, 0.25) is 5.91 Å². The van der Waals surface area contributed by atoms with E-state index in [2.05, 4.69) is 15.4 Å². The molecule has 4 rings (SSSR count). The van der Waals surface area contributed by atoms with Crippen molar-refractivity contribution in [1.82, 2.24) is 19.2 Å². The van der Waals surface area contributed by atoms with Gasteiger partial charge in [0.1, 0.15) is 18.6 Å². The van der Waals surface area contributed by atoms with Crippen LogP contribution in [0.4, 0.5) is 5.69 Å². The van der Waals surface area contributed by atoms with Crippen LogP contribution in [0, 0.1) is 0 Å². The zero-order chi connectivity index (χ0) is 18.8. The summed E-state index contributed by atoms with van der Waals surface area (Å²) in [6, 6.07) is 14.4. The molecule has 0 saturated heterocycles. The zero-order valence-electron chi connectivity index (χ0n) is 14.6. The monoisotopic (exact) mass is 363 g/mol. The molecule has 0 atom stereocenters. The predicted molar refractivity (Wildman–Crippen MR) is 101 cm³/mol. The fourth-order valence-electron chi connectivity index (χ4n) is 2.84. The molecule has 8 nitrogen and oxygen atoms in total. The third-order valence-electron chi connectivity index (χ3n) is 4.07. The van der Waals surface area contributed by atoms with Gasteiger partial charge in [-0.1, -0.05) is 12.1 Å². The van der Waals surface area contributed by atoms with Crippen molar-refractivity contribution in [3.8, 4) is 5.75 Å². The van der Waals surface area contributed by atoms with E-state index in [0.29, 0.717) is 17.9 Å². The van der Waals surface area contributed by atoms with Crippen molar-refractivity contribution >= 4 is 28.1 Å². The molecule has 4 aromatic rings. The summed E-state index contributed by atoms with van der Waals surface area (Å²) in [4.78, 5) is 29.1. The Morgan fingerprint density at radius 2 is 1.93 bits per heavy atom. The first kappa shape index (κ1) is 16.8. The van der Waals surface area contributed by atoms with Crippen LogP contribution in [-0.2, 0) is 11.3 Å². The molecule has 2 aromatic heterocycles. The molecule has 0 bridgehead atoms. The van der Waals surface area contributed by atoms with Crippen molar-refractivity contribution in [2.75, 3.05) is 11.9 Å². The average molecular weight is 363 g/mol. The Balaban J connectivity index is 1.57. The summed E-state index contributed by atoms with van der Waals surface area (Å²) < 4.78 is 7.84. The van der Waals surface area contributed by atoms with Gasteiger partial charge in [0.25, 0.3) is 0 Å². The van der Waals surface area contributed by atoms with Gasteiger partial charge in [-0.15, -0.1) is 5.10 Å². The van der Waals surface area contributed by atoms with Crippen LogP contribution in [0.15, 0.2) is 59.7 Å². The third kappa shape index (κ3) is 3.24. The number of amides is 1. The number of aromatic nitrogens is 4. The molecule has 136 valence electrons. The fraction of sp³-hybridized carbons (Fsp3) is 0.158. The van der Waals surface area contributed by atoms with E-state index < -0.39 is 5.69 Å². The molecule has 0 saturated carbocycles. The van der Waals surface area contributed by atoms with Gasteiger partial charge in [-0.25, -0.2) is 18.9 Å². The minimum atomic E-state index is -0.412. The number of anilines is 1. The Hall–Kier alpha value is -3.68. The van der Waals surface area contributed by atoms with Crippen LogP contribution < -0.4 is 15.7 Å². The van der Waals surface area contributed by atoms with Gasteiger partial charge >= 0.3 is 5.69 Å². The maximum Gasteiger partial charge on any atom is 0.352 e. The second-order valence-corrected chi connectivity index (χ2v) is 5.90. The highest BCUT2D eigenvalue weighted by molar-refractivity contribution is 5.92. The molecule has 0 aliphatic rings. The highest BCUT2D eigenvalue weighted by Crippen LogP contribution is 2.16. The number of nitrogens with one attached hydrogen (secondary N) is 1. The first-order valence-electron chi connectivity index (χ1n) is 8.51. The molecule has 0 unspecified atom stereocenters. The number of carbonyl (C=O) groups is 1. The van der Waals surface area contributed by atoms with E-state index >= 15 is 0 Å². The summed E-state index contributed by atoms with van der Waals surface area (Å²) in [7, 11) is 0. The Morgan fingerprint density at radius 1 is 1.15 bits per heavy atom. The predicted octanol–water partition coefficient (Wildman–Crippen LogP) is 2.08. The van der Waals surface area contributed by atoms with Gasteiger partial charge in [-0.3, -0.25) is 4.79 Å². The summed E-state index contributed by atoms with van der Waals surface area (Å²) >= 11 is 0. The summed E-state index contributed by atoms with van der Waals surface area (Å²) in [5.41, 5.74) is 1.41. The van der Waals surface area contributed by atoms with Gasteiger partial charge < -0.3 is 10.1 Å². The normalized spacial score (nSPS) is 11.0. The van der Waals surface area contributed by atoms with Gasteiger partial charge in [-0.2, -0.15) is 0 Å². The van der Waals surface area contributed by atoms with E-state index in [4.69, 9.17) is 4.74 Å². The molecule has 2 heterocycles. The van der Waals surface area contributed by atoms with E-state index in [1.165, 1.54) is 10.7 Å². The molecule has 2 aromatic carbocycles. The first-order chi connectivity index (χ1) is 13.2. The van der Waals surface area contributed by atoms with Gasteiger partial charge in [-0.05, 0) is 43.3 Å². The van der Waals surface area contributed by atoms with Crippen LogP contribution in [0.2, 0.25) is 0 Å². The lowest BCUT2D eigenvalue weighted by atomic mass is 10.2.